The Balaban J connectivity index is 3.22. The molecule has 1 heteroatoms. The fraction of sp³-hybridized carbons (Fsp3) is 0.444. The van der Waals surface area contributed by atoms with Crippen molar-refractivity contribution < 1.29 is 0 Å². The smallest absolute Gasteiger partial charge is 0.000294 e. The van der Waals surface area contributed by atoms with Crippen LogP contribution in [0.3, 0.4) is 0 Å². The maximum Gasteiger partial charge on any atom is 0.000294 e. The van der Waals surface area contributed by atoms with Crippen molar-refractivity contribution in [3.63, 3.8) is 0 Å². The zero-order valence-electron chi connectivity index (χ0n) is 6.51. The normalized spacial score (nSPS) is 11.3. The van der Waals surface area contributed by atoms with Crippen LogP contribution in [0.25, 0.3) is 0 Å². The van der Waals surface area contributed by atoms with Gasteiger partial charge in [-0.25, -0.2) is 0 Å². The van der Waals surface area contributed by atoms with E-state index in [4.69, 9.17) is 5.41 Å². The van der Waals surface area contributed by atoms with Crippen molar-refractivity contribution in [1.29, 1.82) is 5.41 Å². The summed E-state index contributed by atoms with van der Waals surface area (Å²) in [5.74, 6) is 0. The molecule has 0 aromatic heterocycles. The molecule has 0 saturated heterocycles. The standard InChI is InChI=1S/C9H15N/c1-2-3-4-5-6-7-8-9-10/h4-7,9-10H,2-3,8H2,1H3. The number of allylic oxidation sites excluding steroid dienone is 4. The predicted molar refractivity (Wildman–Crippen MR) is 46.6 cm³/mol. The van der Waals surface area contributed by atoms with Crippen molar-refractivity contribution in [1.82, 2.24) is 0 Å². The number of hydrogen-bond acceptors (Lipinski definition) is 1. The molecule has 0 saturated carbocycles. The molecule has 0 spiro atoms. The zero-order valence-corrected chi connectivity index (χ0v) is 6.51. The third-order valence-electron chi connectivity index (χ3n) is 1.09. The summed E-state index contributed by atoms with van der Waals surface area (Å²) in [6.45, 7) is 2.16. The number of unbranched alkanes of at least 4 members (excludes halogenated alkanes) is 1. The van der Waals surface area contributed by atoms with Crippen LogP contribution < -0.4 is 0 Å². The van der Waals surface area contributed by atoms with Crippen LogP contribution in [0.1, 0.15) is 26.2 Å². The molecule has 0 amide bonds. The van der Waals surface area contributed by atoms with Gasteiger partial charge in [0.2, 0.25) is 0 Å². The van der Waals surface area contributed by atoms with Crippen LogP contribution in [0.2, 0.25) is 0 Å². The summed E-state index contributed by atoms with van der Waals surface area (Å²) in [6.07, 6.45) is 12.6. The lowest BCUT2D eigenvalue weighted by atomic mass is 10.3. The van der Waals surface area contributed by atoms with Crippen molar-refractivity contribution in [2.45, 2.75) is 26.2 Å². The van der Waals surface area contributed by atoms with E-state index < -0.39 is 0 Å². The molecule has 1 N–H and O–H groups in total. The van der Waals surface area contributed by atoms with Gasteiger partial charge in [0, 0.05) is 6.42 Å². The quantitative estimate of drug-likeness (QED) is 0.445. The molecule has 1 nitrogen and oxygen atoms in total. The Bertz CT molecular complexity index is 123. The van der Waals surface area contributed by atoms with E-state index in [0.717, 1.165) is 12.8 Å². The van der Waals surface area contributed by atoms with Gasteiger partial charge < -0.3 is 5.41 Å². The minimum Gasteiger partial charge on any atom is -0.313 e. The Kier molecular flexibility index (Phi) is 7.46. The molecule has 0 aliphatic heterocycles. The van der Waals surface area contributed by atoms with Crippen LogP contribution in [0.4, 0.5) is 0 Å². The van der Waals surface area contributed by atoms with Gasteiger partial charge in [0.25, 0.3) is 0 Å². The largest absolute Gasteiger partial charge is 0.313 e. The first-order valence-corrected chi connectivity index (χ1v) is 3.72. The van der Waals surface area contributed by atoms with Gasteiger partial charge in [0.1, 0.15) is 0 Å². The maximum atomic E-state index is 6.72. The molecule has 0 aliphatic carbocycles. The van der Waals surface area contributed by atoms with Gasteiger partial charge in [-0.05, 0) is 12.6 Å². The molecule has 0 radical (unpaired) electrons. The highest BCUT2D eigenvalue weighted by atomic mass is 14.3. The average Bonchev–Trinajstić information content (AvgIpc) is 1.97. The summed E-state index contributed by atoms with van der Waals surface area (Å²) in [6, 6.07) is 0. The fourth-order valence-corrected chi connectivity index (χ4v) is 0.567. The highest BCUT2D eigenvalue weighted by molar-refractivity contribution is 5.55. The summed E-state index contributed by atoms with van der Waals surface area (Å²) in [7, 11) is 0. The van der Waals surface area contributed by atoms with E-state index in [1.807, 2.05) is 18.2 Å². The summed E-state index contributed by atoms with van der Waals surface area (Å²) >= 11 is 0. The van der Waals surface area contributed by atoms with Crippen molar-refractivity contribution in [3.8, 4) is 0 Å². The molecule has 10 heavy (non-hydrogen) atoms. The molecular formula is C9H15N. The molecule has 0 aromatic rings. The number of rotatable bonds is 5. The van der Waals surface area contributed by atoms with E-state index in [0.29, 0.717) is 0 Å². The average molecular weight is 137 g/mol. The summed E-state index contributed by atoms with van der Waals surface area (Å²) in [4.78, 5) is 0. The number of hydrogen-bond donors (Lipinski definition) is 1. The summed E-state index contributed by atoms with van der Waals surface area (Å²) in [5, 5.41) is 6.72. The van der Waals surface area contributed by atoms with Gasteiger partial charge >= 0.3 is 0 Å². The van der Waals surface area contributed by atoms with Gasteiger partial charge in [-0.1, -0.05) is 37.6 Å². The van der Waals surface area contributed by atoms with E-state index >= 15 is 0 Å². The van der Waals surface area contributed by atoms with Gasteiger partial charge in [0.15, 0.2) is 0 Å². The molecule has 0 bridgehead atoms. The van der Waals surface area contributed by atoms with Gasteiger partial charge in [0.05, 0.1) is 0 Å². The van der Waals surface area contributed by atoms with Gasteiger partial charge in [-0.15, -0.1) is 0 Å². The molecule has 56 valence electrons. The Morgan fingerprint density at radius 3 is 2.50 bits per heavy atom. The van der Waals surface area contributed by atoms with Crippen molar-refractivity contribution in [2.75, 3.05) is 0 Å². The molecule has 0 fully saturated rings. The fourth-order valence-electron chi connectivity index (χ4n) is 0.567. The zero-order chi connectivity index (χ0) is 7.66. The lowest BCUT2D eigenvalue weighted by molar-refractivity contribution is 0.959. The number of nitrogens with one attached hydrogen (secondary N) is 1. The first-order chi connectivity index (χ1) is 4.91. The summed E-state index contributed by atoms with van der Waals surface area (Å²) < 4.78 is 0. The highest BCUT2D eigenvalue weighted by Crippen LogP contribution is 1.88. The lowest BCUT2D eigenvalue weighted by Crippen LogP contribution is -1.63. The Morgan fingerprint density at radius 2 is 1.90 bits per heavy atom. The van der Waals surface area contributed by atoms with Crippen LogP contribution in [0, 0.1) is 5.41 Å². The van der Waals surface area contributed by atoms with Crippen LogP contribution >= 0.6 is 0 Å². The minimum atomic E-state index is 0.746. The third kappa shape index (κ3) is 7.15. The molecule has 0 rings (SSSR count). The van der Waals surface area contributed by atoms with Crippen molar-refractivity contribution in [3.05, 3.63) is 24.3 Å². The van der Waals surface area contributed by atoms with Crippen molar-refractivity contribution in [2.24, 2.45) is 0 Å². The maximum absolute atomic E-state index is 6.72. The van der Waals surface area contributed by atoms with Crippen LogP contribution in [0.15, 0.2) is 24.3 Å². The second kappa shape index (κ2) is 8.15. The predicted octanol–water partition coefficient (Wildman–Crippen LogP) is 2.94. The second-order valence-electron chi connectivity index (χ2n) is 2.08. The van der Waals surface area contributed by atoms with E-state index in [1.54, 1.807) is 0 Å². The Labute approximate surface area is 63.0 Å². The highest BCUT2D eigenvalue weighted by Gasteiger charge is 1.69. The molecule has 0 aromatic carbocycles. The molecule has 0 heterocycles. The van der Waals surface area contributed by atoms with E-state index in [-0.39, 0.29) is 0 Å². The lowest BCUT2D eigenvalue weighted by Gasteiger charge is -1.79. The topological polar surface area (TPSA) is 23.9 Å². The third-order valence-corrected chi connectivity index (χ3v) is 1.09. The molecular weight excluding hydrogens is 122 g/mol. The Hall–Kier alpha value is -0.850. The molecule has 0 atom stereocenters. The Morgan fingerprint density at radius 1 is 1.20 bits per heavy atom. The first kappa shape index (κ1) is 9.15. The van der Waals surface area contributed by atoms with Crippen molar-refractivity contribution >= 4 is 6.21 Å². The van der Waals surface area contributed by atoms with Gasteiger partial charge in [-0.3, -0.25) is 0 Å². The van der Waals surface area contributed by atoms with Crippen LogP contribution in [-0.4, -0.2) is 6.21 Å². The van der Waals surface area contributed by atoms with Crippen LogP contribution in [0.5, 0.6) is 0 Å². The van der Waals surface area contributed by atoms with E-state index in [2.05, 4.69) is 13.0 Å². The van der Waals surface area contributed by atoms with E-state index in [9.17, 15) is 0 Å². The second-order valence-corrected chi connectivity index (χ2v) is 2.08. The van der Waals surface area contributed by atoms with Gasteiger partial charge in [-0.2, -0.15) is 0 Å². The monoisotopic (exact) mass is 137 g/mol. The first-order valence-electron chi connectivity index (χ1n) is 3.72. The molecule has 0 unspecified atom stereocenters. The van der Waals surface area contributed by atoms with E-state index in [1.165, 1.54) is 12.6 Å². The molecule has 0 aliphatic rings. The SMILES string of the molecule is CCCC=CC=CCC=N. The minimum absolute atomic E-state index is 0.746. The summed E-state index contributed by atoms with van der Waals surface area (Å²) in [5.41, 5.74) is 0. The van der Waals surface area contributed by atoms with Crippen LogP contribution in [-0.2, 0) is 0 Å².